The summed E-state index contributed by atoms with van der Waals surface area (Å²) in [5.74, 6) is 2.36. The van der Waals surface area contributed by atoms with Crippen LogP contribution in [0.3, 0.4) is 0 Å². The zero-order chi connectivity index (χ0) is 33.7. The maximum Gasteiger partial charge on any atom is 0.164 e. The largest absolute Gasteiger partial charge is 0.228 e. The molecule has 8 aromatic rings. The van der Waals surface area contributed by atoms with Gasteiger partial charge in [0.2, 0.25) is 0 Å². The molecule has 0 saturated carbocycles. The van der Waals surface area contributed by atoms with Crippen molar-refractivity contribution in [3.05, 3.63) is 175 Å². The fourth-order valence-electron chi connectivity index (χ4n) is 5.78. The van der Waals surface area contributed by atoms with E-state index in [0.29, 0.717) is 28.9 Å². The molecule has 0 spiro atoms. The van der Waals surface area contributed by atoms with Crippen LogP contribution in [0.2, 0.25) is 0 Å². The Morgan fingerprint density at radius 1 is 0.300 bits per heavy atom. The summed E-state index contributed by atoms with van der Waals surface area (Å²) in [5.41, 5.74) is 9.98. The molecular weight excluding hydrogens is 613 g/mol. The number of aromatic nitrogens is 5. The van der Waals surface area contributed by atoms with Crippen LogP contribution in [-0.2, 0) is 0 Å². The Morgan fingerprint density at radius 2 is 0.680 bits per heavy atom. The highest BCUT2D eigenvalue weighted by molar-refractivity contribution is 5.76. The Bertz CT molecular complexity index is 2400. The molecule has 0 aliphatic carbocycles. The van der Waals surface area contributed by atoms with Crippen molar-refractivity contribution >= 4 is 0 Å². The highest BCUT2D eigenvalue weighted by atomic mass is 15.0. The van der Waals surface area contributed by atoms with E-state index in [-0.39, 0.29) is 0 Å². The second kappa shape index (κ2) is 13.6. The molecule has 50 heavy (non-hydrogen) atoms. The van der Waals surface area contributed by atoms with Gasteiger partial charge in [-0.1, -0.05) is 133 Å². The second-order valence-corrected chi connectivity index (χ2v) is 11.7. The minimum absolute atomic E-state index is 0.542. The fraction of sp³-hybridized carbons (Fsp3) is 0. The SMILES string of the molecule is N#Cc1ccc(-c2nc(-c3ccccc3)nc(-c3cccc(-c4ccc(-c5nc(-c6ccccc6)cc(-c6ccccc6)n5)cc4)c3)n2)cc1. The van der Waals surface area contributed by atoms with Gasteiger partial charge in [-0.15, -0.1) is 0 Å². The van der Waals surface area contributed by atoms with Crippen molar-refractivity contribution in [2.24, 2.45) is 0 Å². The summed E-state index contributed by atoms with van der Waals surface area (Å²) in [6.45, 7) is 0. The number of rotatable bonds is 7. The van der Waals surface area contributed by atoms with Gasteiger partial charge in [-0.2, -0.15) is 5.26 Å². The highest BCUT2D eigenvalue weighted by Gasteiger charge is 2.14. The summed E-state index contributed by atoms with van der Waals surface area (Å²) in [6.07, 6.45) is 0. The molecule has 2 heterocycles. The first-order valence-corrected chi connectivity index (χ1v) is 16.2. The molecule has 0 unspecified atom stereocenters. The molecule has 6 nitrogen and oxygen atoms in total. The molecule has 6 heteroatoms. The lowest BCUT2D eigenvalue weighted by molar-refractivity contribution is 1.07. The Balaban J connectivity index is 1.16. The van der Waals surface area contributed by atoms with Gasteiger partial charge in [0.25, 0.3) is 0 Å². The lowest BCUT2D eigenvalue weighted by Gasteiger charge is -2.11. The van der Waals surface area contributed by atoms with E-state index in [4.69, 9.17) is 24.9 Å². The molecule has 8 rings (SSSR count). The van der Waals surface area contributed by atoms with Crippen molar-refractivity contribution in [3.63, 3.8) is 0 Å². The maximum absolute atomic E-state index is 9.29. The molecule has 2 aromatic heterocycles. The average molecular weight is 641 g/mol. The van der Waals surface area contributed by atoms with Gasteiger partial charge in [-0.05, 0) is 47.5 Å². The molecule has 0 aliphatic rings. The third-order valence-corrected chi connectivity index (χ3v) is 8.40. The number of benzene rings is 6. The molecule has 234 valence electrons. The Morgan fingerprint density at radius 3 is 1.20 bits per heavy atom. The van der Waals surface area contributed by atoms with Gasteiger partial charge in [0.05, 0.1) is 23.0 Å². The number of hydrogen-bond donors (Lipinski definition) is 0. The summed E-state index contributed by atoms with van der Waals surface area (Å²) in [7, 11) is 0. The molecule has 0 bridgehead atoms. The predicted molar refractivity (Wildman–Crippen MR) is 198 cm³/mol. The predicted octanol–water partition coefficient (Wildman–Crippen LogP) is 10.2. The normalized spacial score (nSPS) is 10.8. The molecule has 0 aliphatic heterocycles. The van der Waals surface area contributed by atoms with Crippen LogP contribution in [0.25, 0.3) is 79.2 Å². The fourth-order valence-corrected chi connectivity index (χ4v) is 5.78. The molecule has 0 radical (unpaired) electrons. The van der Waals surface area contributed by atoms with E-state index in [1.165, 1.54) is 0 Å². The van der Waals surface area contributed by atoms with Crippen LogP contribution in [0.1, 0.15) is 5.56 Å². The molecule has 0 N–H and O–H groups in total. The van der Waals surface area contributed by atoms with Crippen molar-refractivity contribution in [1.29, 1.82) is 5.26 Å². The highest BCUT2D eigenvalue weighted by Crippen LogP contribution is 2.31. The first-order chi connectivity index (χ1) is 24.7. The lowest BCUT2D eigenvalue weighted by atomic mass is 10.0. The topological polar surface area (TPSA) is 88.2 Å². The maximum atomic E-state index is 9.29. The third-order valence-electron chi connectivity index (χ3n) is 8.40. The third kappa shape index (κ3) is 6.40. The number of hydrogen-bond acceptors (Lipinski definition) is 6. The summed E-state index contributed by atoms with van der Waals surface area (Å²) >= 11 is 0. The first-order valence-electron chi connectivity index (χ1n) is 16.2. The van der Waals surface area contributed by atoms with Gasteiger partial charge in [0, 0.05) is 33.4 Å². The zero-order valence-electron chi connectivity index (χ0n) is 26.8. The summed E-state index contributed by atoms with van der Waals surface area (Å²) in [4.78, 5) is 24.6. The summed E-state index contributed by atoms with van der Waals surface area (Å²) in [5, 5.41) is 9.29. The van der Waals surface area contributed by atoms with Crippen LogP contribution in [0.4, 0.5) is 0 Å². The number of nitrogens with zero attached hydrogens (tertiary/aromatic N) is 6. The van der Waals surface area contributed by atoms with Gasteiger partial charge in [-0.3, -0.25) is 0 Å². The molecule has 0 amide bonds. The van der Waals surface area contributed by atoms with Crippen molar-refractivity contribution in [2.45, 2.75) is 0 Å². The lowest BCUT2D eigenvalue weighted by Crippen LogP contribution is -2.00. The molecule has 0 fully saturated rings. The van der Waals surface area contributed by atoms with Crippen molar-refractivity contribution in [3.8, 4) is 85.3 Å². The van der Waals surface area contributed by atoms with Crippen molar-refractivity contribution < 1.29 is 0 Å². The van der Waals surface area contributed by atoms with Gasteiger partial charge < -0.3 is 0 Å². The monoisotopic (exact) mass is 640 g/mol. The van der Waals surface area contributed by atoms with E-state index in [1.54, 1.807) is 12.1 Å². The van der Waals surface area contributed by atoms with Gasteiger partial charge in [0.1, 0.15) is 0 Å². The molecule has 0 saturated heterocycles. The first kappa shape index (κ1) is 30.2. The van der Waals surface area contributed by atoms with E-state index in [2.05, 4.69) is 66.7 Å². The Labute approximate surface area is 290 Å². The zero-order valence-corrected chi connectivity index (χ0v) is 26.8. The summed E-state index contributed by atoms with van der Waals surface area (Å²) < 4.78 is 0. The van der Waals surface area contributed by atoms with Gasteiger partial charge in [0.15, 0.2) is 23.3 Å². The van der Waals surface area contributed by atoms with Crippen LogP contribution in [0.15, 0.2) is 170 Å². The molecule has 0 atom stereocenters. The quantitative estimate of drug-likeness (QED) is 0.172. The van der Waals surface area contributed by atoms with Gasteiger partial charge >= 0.3 is 0 Å². The standard InChI is InChI=1S/C44H28N6/c45-29-30-19-21-35(22-20-30)43-48-42(34-15-8-3-9-16-34)49-44(50-43)38-18-10-17-37(27-38)31-23-25-36(26-24-31)41-46-39(32-11-4-1-5-12-32)28-40(47-41)33-13-6-2-7-14-33/h1-28H. The minimum atomic E-state index is 0.542. The van der Waals surface area contributed by atoms with Crippen molar-refractivity contribution in [2.75, 3.05) is 0 Å². The van der Waals surface area contributed by atoms with E-state index < -0.39 is 0 Å². The Hall–Kier alpha value is -7.10. The summed E-state index contributed by atoms with van der Waals surface area (Å²) in [6, 6.07) is 58.3. The van der Waals surface area contributed by atoms with E-state index in [1.807, 2.05) is 97.1 Å². The molecule has 6 aromatic carbocycles. The van der Waals surface area contributed by atoms with Crippen molar-refractivity contribution in [1.82, 2.24) is 24.9 Å². The number of nitriles is 1. The van der Waals surface area contributed by atoms with Crippen LogP contribution >= 0.6 is 0 Å². The van der Waals surface area contributed by atoms with Crippen LogP contribution < -0.4 is 0 Å². The van der Waals surface area contributed by atoms with E-state index >= 15 is 0 Å². The van der Waals surface area contributed by atoms with Crippen LogP contribution in [0.5, 0.6) is 0 Å². The van der Waals surface area contributed by atoms with Crippen LogP contribution in [0, 0.1) is 11.3 Å². The van der Waals surface area contributed by atoms with Gasteiger partial charge in [-0.25, -0.2) is 24.9 Å². The van der Waals surface area contributed by atoms with E-state index in [0.717, 1.165) is 55.9 Å². The minimum Gasteiger partial charge on any atom is -0.228 e. The molecular formula is C44H28N6. The average Bonchev–Trinajstić information content (AvgIpc) is 3.21. The van der Waals surface area contributed by atoms with E-state index in [9.17, 15) is 5.26 Å². The Kier molecular flexibility index (Phi) is 8.20. The smallest absolute Gasteiger partial charge is 0.164 e. The second-order valence-electron chi connectivity index (χ2n) is 11.7. The van der Waals surface area contributed by atoms with Crippen LogP contribution in [-0.4, -0.2) is 24.9 Å².